The molecule has 2 unspecified atom stereocenters. The fourth-order valence-corrected chi connectivity index (χ4v) is 16.6. The number of hydrogen-bond acceptors (Lipinski definition) is 32. The van der Waals surface area contributed by atoms with Gasteiger partial charge in [-0.2, -0.15) is 23.5 Å². The number of aromatic carboxylic acids is 1. The Labute approximate surface area is 791 Å². The quantitative estimate of drug-likeness (QED) is 0.00423. The largest absolute Gasteiger partial charge is 0.509 e. The van der Waals surface area contributed by atoms with Crippen LogP contribution in [0.1, 0.15) is 176 Å². The number of phenols is 2. The number of piperidine rings is 1. The molecule has 0 bridgehead atoms. The van der Waals surface area contributed by atoms with Crippen LogP contribution in [0, 0.1) is 29.6 Å². The molecule has 40 heteroatoms. The lowest BCUT2D eigenvalue weighted by molar-refractivity contribution is -0.153. The molecule has 1 aromatic heterocycles. The fourth-order valence-electron chi connectivity index (χ4n) is 14.7. The zero-order chi connectivity index (χ0) is 97.8. The molecule has 4 amide bonds. The number of phenolic OH excluding ortho intramolecular Hbond substituents is 2. The van der Waals surface area contributed by atoms with E-state index in [4.69, 9.17) is 60.3 Å². The van der Waals surface area contributed by atoms with Crippen LogP contribution in [0.15, 0.2) is 93.5 Å². The molecule has 36 nitrogen and oxygen atoms in total. The summed E-state index contributed by atoms with van der Waals surface area (Å²) in [5.41, 5.74) is 8.71. The zero-order valence-corrected chi connectivity index (χ0v) is 80.1. The second kappa shape index (κ2) is 58.6. The summed E-state index contributed by atoms with van der Waals surface area (Å²) in [6.45, 7) is 14.9. The van der Waals surface area contributed by atoms with Crippen molar-refractivity contribution in [1.29, 1.82) is 0 Å². The third-order valence-corrected chi connectivity index (χ3v) is 24.5. The minimum absolute atomic E-state index is 0.00140. The van der Waals surface area contributed by atoms with Crippen LogP contribution in [0.25, 0.3) is 33.4 Å². The third-order valence-electron chi connectivity index (χ3n) is 22.1. The van der Waals surface area contributed by atoms with E-state index in [0.717, 1.165) is 36.3 Å². The number of nitrogens with one attached hydrogen (secondary N) is 4. The first-order valence-electron chi connectivity index (χ1n) is 44.1. The standard InChI is InChI=1S/C47H71N5O12S2.C46H55N3O16S2/c1-10-30(5)36(24-40(55)38-14-12-13-19-51(38)8)45(58)52(28-63-47(60)61-11-2)39(29(3)4)25-42(64-32(7)53)44-50-37(27-66-44)43(57)49-34(23-33-15-17-35(54)18-16-33)22-31(6)41(56)26-48-46(59)62-20-21-65-9;1-67-26-37(46(59)60)49-44(56)27(22-42(54)55)21-38(53)36(47)11-7-29(50)12-14-62-16-18-64-20-19-63-17-15-61-13-2-3-41(66)48-28-4-8-32(35(23-28)45(57)58)43-33-9-5-30(51)24-39(33)65-40-25-31(52)6-10-34(40)43/h15-18,27,29-31,34,36,38-39,42,54H,10-14,19-26,28H2,1-9H3,(H,48,59)(H,49,57);4-6,8-10,23-25,27,36-37,51H,2-3,7,11-22,26,47H2,1H3,(H,48,66)(H,49,56)(H,54,55)(H,57,58)(H,59,60)/t30?,31-,34+,36-,38?,39+,42+;27-,36-,37-/m00/s1. The van der Waals surface area contributed by atoms with Crippen molar-refractivity contribution in [2.45, 2.75) is 181 Å². The summed E-state index contributed by atoms with van der Waals surface area (Å²) in [4.78, 5) is 187. The number of esters is 1. The number of ketones is 4. The van der Waals surface area contributed by atoms with Crippen molar-refractivity contribution in [3.8, 4) is 33.9 Å². The highest BCUT2D eigenvalue weighted by Crippen LogP contribution is 2.43. The molecule has 730 valence electrons. The highest BCUT2D eigenvalue weighted by molar-refractivity contribution is 7.98. The predicted octanol–water partition coefficient (Wildman–Crippen LogP) is 11.6. The molecule has 1 aliphatic carbocycles. The number of likely N-dealkylation sites (N-methyl/N-ethyl adjacent to an activating group) is 1. The number of likely N-dealkylation sites (tertiary alicyclic amines) is 1. The van der Waals surface area contributed by atoms with Gasteiger partial charge in [0.2, 0.25) is 11.8 Å². The van der Waals surface area contributed by atoms with Crippen molar-refractivity contribution in [1.82, 2.24) is 30.7 Å². The Morgan fingerprint density at radius 2 is 1.41 bits per heavy atom. The van der Waals surface area contributed by atoms with Crippen LogP contribution in [0.2, 0.25) is 0 Å². The smallest absolute Gasteiger partial charge is 0.508 e. The molecular formula is C93H126N8O28S4. The maximum Gasteiger partial charge on any atom is 0.509 e. The number of Topliss-reactive ketones (excluding diaryl/α,β-unsaturated/α-hetero) is 4. The molecule has 1 fully saturated rings. The number of nitrogens with zero attached hydrogens (tertiary/aromatic N) is 3. The first-order chi connectivity index (χ1) is 63.4. The number of aromatic hydroxyl groups is 2. The van der Waals surface area contributed by atoms with E-state index in [1.807, 2.05) is 45.9 Å². The summed E-state index contributed by atoms with van der Waals surface area (Å²) >= 11 is 9.30. The van der Waals surface area contributed by atoms with E-state index in [1.165, 1.54) is 83.2 Å². The number of carbonyl (C=O) groups is 13. The number of thiocarbonyl (C=S) groups is 1. The van der Waals surface area contributed by atoms with Gasteiger partial charge in [-0.25, -0.2) is 24.2 Å². The Bertz CT molecular complexity index is 4880. The lowest BCUT2D eigenvalue weighted by Gasteiger charge is -2.39. The number of aliphatic carboxylic acids is 2. The summed E-state index contributed by atoms with van der Waals surface area (Å²) in [6.07, 6.45) is 4.54. The van der Waals surface area contributed by atoms with Gasteiger partial charge in [-0.05, 0) is 143 Å². The molecule has 10 atom stereocenters. The van der Waals surface area contributed by atoms with Crippen LogP contribution in [0.3, 0.4) is 0 Å². The number of carboxylic acids is 3. The van der Waals surface area contributed by atoms with E-state index in [1.54, 1.807) is 56.5 Å². The van der Waals surface area contributed by atoms with E-state index < -0.39 is 121 Å². The summed E-state index contributed by atoms with van der Waals surface area (Å²) in [6, 6.07) is 16.2. The zero-order valence-electron chi connectivity index (χ0n) is 76.8. The number of hydrogen-bond donors (Lipinski definition) is 10. The molecule has 11 N–H and O–H groups in total. The highest BCUT2D eigenvalue weighted by Gasteiger charge is 2.41. The number of thioether (sulfide) groups is 2. The number of carboxylic acid groups (broad SMARTS) is 3. The molecule has 3 heterocycles. The molecule has 0 radical (unpaired) electrons. The Morgan fingerprint density at radius 1 is 0.737 bits per heavy atom. The SMILES string of the molecule is CCOC(=O)OCN(C(=O)[C@@H](CC(=O)C1CCCCN1C)C(C)CC)[C@H](C[C@@H](OC(C)=O)c1nc(C(=O)N[C@@H](Cc2ccc(O)cc2)C[C@H](C)C(=O)CNC(=O)OCCSC)cs1)C(C)C.CSC[C@H](NC(=O)[C@H](CC(=O)O)CC(=O)[C@@H](N)CCC(=O)CCOCCOCCOCCOCCCC(=S)Nc1ccc(-c2c3ccc(=O)cc-3oc3cc(O)ccc23)c(C(=O)O)c1)C(=O)O. The number of amides is 4. The Kier molecular flexibility index (Phi) is 49.0. The van der Waals surface area contributed by atoms with Crippen molar-refractivity contribution in [2.24, 2.45) is 35.3 Å². The number of ether oxygens (including phenoxy) is 8. The van der Waals surface area contributed by atoms with Crippen LogP contribution in [-0.2, 0) is 87.5 Å². The number of thiazole rings is 1. The molecular weight excluding hydrogens is 1810 g/mol. The fraction of sp³-hybridized carbons (Fsp3) is 0.548. The summed E-state index contributed by atoms with van der Waals surface area (Å²) in [5.74, 6) is -9.49. The van der Waals surface area contributed by atoms with E-state index in [2.05, 4.69) is 26.3 Å². The number of anilines is 1. The van der Waals surface area contributed by atoms with E-state index in [-0.39, 0.29) is 170 Å². The van der Waals surface area contributed by atoms with Gasteiger partial charge in [0.1, 0.15) is 57.8 Å². The first kappa shape index (κ1) is 111. The number of nitrogens with two attached hydrogens (primary N) is 1. The average molecular weight is 1930 g/mol. The van der Waals surface area contributed by atoms with Crippen molar-refractivity contribution < 1.29 is 130 Å². The molecule has 3 aliphatic rings. The van der Waals surface area contributed by atoms with Crippen LogP contribution < -0.4 is 32.4 Å². The second-order valence-corrected chi connectivity index (χ2v) is 35.8. The van der Waals surface area contributed by atoms with Gasteiger partial charge in [-0.15, -0.1) is 11.3 Å². The number of alkyl carbamates (subject to hydrolysis) is 1. The van der Waals surface area contributed by atoms with Gasteiger partial charge in [-0.3, -0.25) is 52.8 Å². The summed E-state index contributed by atoms with van der Waals surface area (Å²) in [7, 11) is 1.93. The maximum atomic E-state index is 14.9. The third kappa shape index (κ3) is 38.4. The number of aromatic nitrogens is 1. The minimum Gasteiger partial charge on any atom is -0.508 e. The number of rotatable bonds is 59. The first-order valence-corrected chi connectivity index (χ1v) is 48.2. The lowest BCUT2D eigenvalue weighted by Crippen LogP contribution is -2.50. The van der Waals surface area contributed by atoms with Crippen LogP contribution >= 0.6 is 47.1 Å². The van der Waals surface area contributed by atoms with Gasteiger partial charge in [-0.1, -0.05) is 77.9 Å². The normalized spacial score (nSPS) is 14.7. The average Bonchev–Trinajstić information content (AvgIpc) is 1.19. The van der Waals surface area contributed by atoms with Gasteiger partial charge in [0.15, 0.2) is 29.8 Å². The minimum atomic E-state index is -1.34. The Morgan fingerprint density at radius 3 is 2.05 bits per heavy atom. The van der Waals surface area contributed by atoms with Gasteiger partial charge >= 0.3 is 36.1 Å². The topological polar surface area (TPSA) is 521 Å². The number of benzene rings is 4. The highest BCUT2D eigenvalue weighted by atomic mass is 32.2. The molecule has 2 aliphatic heterocycles. The molecule has 7 rings (SSSR count). The Hall–Kier alpha value is -10.6. The number of fused-ring (bicyclic) bond motifs is 2. The molecule has 1 saturated heterocycles. The van der Waals surface area contributed by atoms with Crippen molar-refractivity contribution in [2.75, 3.05) is 122 Å². The number of carbonyl (C=O) groups excluding carboxylic acids is 10. The monoisotopic (exact) mass is 1930 g/mol. The van der Waals surface area contributed by atoms with Crippen molar-refractivity contribution in [3.05, 3.63) is 116 Å². The second-order valence-electron chi connectivity index (χ2n) is 32.5. The molecule has 0 spiro atoms. The van der Waals surface area contributed by atoms with Crippen molar-refractivity contribution in [3.63, 3.8) is 0 Å². The van der Waals surface area contributed by atoms with E-state index >= 15 is 0 Å². The van der Waals surface area contributed by atoms with Gasteiger partial charge in [0, 0.05) is 127 Å². The summed E-state index contributed by atoms with van der Waals surface area (Å²) in [5, 5.41) is 61.9. The maximum absolute atomic E-state index is 14.9. The lowest BCUT2D eigenvalue weighted by atomic mass is 9.82. The summed E-state index contributed by atoms with van der Waals surface area (Å²) < 4.78 is 49.4. The van der Waals surface area contributed by atoms with E-state index in [0.29, 0.717) is 104 Å². The molecule has 4 aromatic rings. The van der Waals surface area contributed by atoms with Crippen molar-refractivity contribution >= 4 is 146 Å². The van der Waals surface area contributed by atoms with Gasteiger partial charge in [0.05, 0.1) is 94.4 Å². The van der Waals surface area contributed by atoms with Gasteiger partial charge in [0.25, 0.3) is 5.91 Å². The van der Waals surface area contributed by atoms with Gasteiger partial charge < -0.3 is 99.7 Å². The van der Waals surface area contributed by atoms with Crippen LogP contribution in [0.4, 0.5) is 15.3 Å². The Balaban J connectivity index is 0.000000409. The van der Waals surface area contributed by atoms with Crippen LogP contribution in [-0.4, -0.2) is 269 Å². The van der Waals surface area contributed by atoms with Crippen LogP contribution in [0.5, 0.6) is 11.5 Å². The molecule has 133 heavy (non-hydrogen) atoms. The van der Waals surface area contributed by atoms with E-state index in [9.17, 15) is 92.7 Å². The molecule has 0 saturated carbocycles. The molecule has 3 aromatic carbocycles. The predicted molar refractivity (Wildman–Crippen MR) is 504 cm³/mol.